The van der Waals surface area contributed by atoms with Crippen molar-refractivity contribution in [3.8, 4) is 5.75 Å². The predicted molar refractivity (Wildman–Crippen MR) is 84.5 cm³/mol. The highest BCUT2D eigenvalue weighted by Gasteiger charge is 2.34. The summed E-state index contributed by atoms with van der Waals surface area (Å²) in [4.78, 5) is 12.1. The third-order valence-electron chi connectivity index (χ3n) is 3.86. The van der Waals surface area contributed by atoms with Crippen molar-refractivity contribution in [3.05, 3.63) is 22.2 Å². The molecule has 1 aromatic rings. The molecule has 0 radical (unpaired) electrons. The molecule has 0 unspecified atom stereocenters. The molecule has 6 nitrogen and oxygen atoms in total. The first-order valence-corrected chi connectivity index (χ1v) is 9.43. The lowest BCUT2D eigenvalue weighted by Gasteiger charge is -2.17. The molecule has 22 heavy (non-hydrogen) atoms. The minimum absolute atomic E-state index is 0.00132. The van der Waals surface area contributed by atoms with Gasteiger partial charge in [-0.2, -0.15) is 0 Å². The van der Waals surface area contributed by atoms with Gasteiger partial charge in [0.05, 0.1) is 12.1 Å². The van der Waals surface area contributed by atoms with E-state index >= 15 is 0 Å². The molecule has 3 rings (SSSR count). The maximum atomic E-state index is 12.7. The van der Waals surface area contributed by atoms with Crippen LogP contribution in [0.4, 0.5) is 0 Å². The van der Waals surface area contributed by atoms with Crippen molar-refractivity contribution >= 4 is 31.9 Å². The normalized spacial score (nSPS) is 19.6. The van der Waals surface area contributed by atoms with Crippen LogP contribution in [0, 0.1) is 5.92 Å². The first-order valence-electron chi connectivity index (χ1n) is 7.15. The molecule has 1 aliphatic carbocycles. The van der Waals surface area contributed by atoms with Gasteiger partial charge in [-0.15, -0.1) is 0 Å². The molecule has 120 valence electrons. The van der Waals surface area contributed by atoms with Gasteiger partial charge < -0.3 is 10.1 Å². The van der Waals surface area contributed by atoms with Gasteiger partial charge in [-0.05, 0) is 37.8 Å². The number of hydrogen-bond acceptors (Lipinski definition) is 4. The van der Waals surface area contributed by atoms with E-state index in [1.165, 1.54) is 6.07 Å². The van der Waals surface area contributed by atoms with E-state index in [4.69, 9.17) is 4.74 Å². The molecule has 1 aliphatic heterocycles. The van der Waals surface area contributed by atoms with E-state index in [0.29, 0.717) is 16.9 Å². The Morgan fingerprint density at radius 3 is 2.82 bits per heavy atom. The van der Waals surface area contributed by atoms with Crippen molar-refractivity contribution < 1.29 is 17.9 Å². The average molecular weight is 389 g/mol. The molecular weight excluding hydrogens is 372 g/mol. The fourth-order valence-electron chi connectivity index (χ4n) is 2.50. The fourth-order valence-corrected chi connectivity index (χ4v) is 4.61. The van der Waals surface area contributed by atoms with Crippen LogP contribution < -0.4 is 14.8 Å². The summed E-state index contributed by atoms with van der Waals surface area (Å²) in [6.45, 7) is 2.44. The number of amides is 1. The third kappa shape index (κ3) is 3.13. The topological polar surface area (TPSA) is 84.5 Å². The second kappa shape index (κ2) is 5.82. The Labute approximate surface area is 137 Å². The van der Waals surface area contributed by atoms with Gasteiger partial charge in [0.25, 0.3) is 5.91 Å². The number of nitrogens with one attached hydrogen (secondary N) is 2. The second-order valence-electron chi connectivity index (χ2n) is 5.63. The Balaban J connectivity index is 2.04. The van der Waals surface area contributed by atoms with Crippen molar-refractivity contribution in [3.63, 3.8) is 0 Å². The lowest BCUT2D eigenvalue weighted by molar-refractivity contribution is 0.0957. The molecule has 2 N–H and O–H groups in total. The first-order chi connectivity index (χ1) is 10.4. The summed E-state index contributed by atoms with van der Waals surface area (Å²) in [7, 11) is -3.75. The molecule has 0 spiro atoms. The van der Waals surface area contributed by atoms with Crippen LogP contribution >= 0.6 is 15.9 Å². The van der Waals surface area contributed by atoms with E-state index in [9.17, 15) is 13.2 Å². The van der Waals surface area contributed by atoms with Gasteiger partial charge in [-0.25, -0.2) is 13.1 Å². The summed E-state index contributed by atoms with van der Waals surface area (Å²) in [5.74, 6) is 0.180. The molecule has 0 saturated heterocycles. The number of ether oxygens (including phenoxy) is 1. The highest BCUT2D eigenvalue weighted by Crippen LogP contribution is 2.36. The van der Waals surface area contributed by atoms with Crippen LogP contribution in [0.5, 0.6) is 5.75 Å². The molecule has 8 heteroatoms. The average Bonchev–Trinajstić information content (AvgIpc) is 3.27. The molecule has 1 heterocycles. The minimum Gasteiger partial charge on any atom is -0.489 e. The van der Waals surface area contributed by atoms with Crippen molar-refractivity contribution in [1.82, 2.24) is 10.0 Å². The van der Waals surface area contributed by atoms with Gasteiger partial charge in [0.15, 0.2) is 5.75 Å². The van der Waals surface area contributed by atoms with Gasteiger partial charge in [0.2, 0.25) is 10.0 Å². The highest BCUT2D eigenvalue weighted by molar-refractivity contribution is 9.10. The number of sulfonamides is 1. The predicted octanol–water partition coefficient (Wildman–Crippen LogP) is 1.65. The number of hydrogen-bond donors (Lipinski definition) is 2. The first kappa shape index (κ1) is 15.8. The Kier molecular flexibility index (Phi) is 4.17. The fraction of sp³-hybridized carbons (Fsp3) is 0.500. The molecule has 0 bridgehead atoms. The highest BCUT2D eigenvalue weighted by atomic mass is 79.9. The van der Waals surface area contributed by atoms with Crippen molar-refractivity contribution in [2.45, 2.75) is 30.7 Å². The van der Waals surface area contributed by atoms with Crippen LogP contribution in [0.25, 0.3) is 0 Å². The number of carbonyl (C=O) groups is 1. The molecule has 1 atom stereocenters. The zero-order valence-corrected chi connectivity index (χ0v) is 14.5. The van der Waals surface area contributed by atoms with E-state index in [1.54, 1.807) is 6.07 Å². The minimum atomic E-state index is -3.75. The van der Waals surface area contributed by atoms with Crippen LogP contribution in [-0.2, 0) is 10.0 Å². The maximum Gasteiger partial charge on any atom is 0.255 e. The number of carbonyl (C=O) groups excluding carboxylic acids is 1. The van der Waals surface area contributed by atoms with Crippen LogP contribution in [0.1, 0.15) is 30.1 Å². The summed E-state index contributed by atoms with van der Waals surface area (Å²) in [6.07, 6.45) is 2.08. The van der Waals surface area contributed by atoms with E-state index in [-0.39, 0.29) is 34.8 Å². The smallest absolute Gasteiger partial charge is 0.255 e. The second-order valence-corrected chi connectivity index (χ2v) is 8.23. The zero-order valence-electron chi connectivity index (χ0n) is 12.1. The van der Waals surface area contributed by atoms with E-state index in [2.05, 4.69) is 26.0 Å². The molecule has 2 aliphatic rings. The Morgan fingerprint density at radius 1 is 1.41 bits per heavy atom. The van der Waals surface area contributed by atoms with E-state index in [1.807, 2.05) is 6.92 Å². The Bertz CT molecular complexity index is 716. The summed E-state index contributed by atoms with van der Waals surface area (Å²) >= 11 is 3.27. The Hall–Kier alpha value is -1.12. The van der Waals surface area contributed by atoms with Gasteiger partial charge in [-0.1, -0.05) is 15.9 Å². The van der Waals surface area contributed by atoms with Crippen molar-refractivity contribution in [1.29, 1.82) is 0 Å². The summed E-state index contributed by atoms with van der Waals surface area (Å²) in [5, 5.41) is 2.68. The molecule has 1 amide bonds. The van der Waals surface area contributed by atoms with Crippen molar-refractivity contribution in [2.75, 3.05) is 13.2 Å². The van der Waals surface area contributed by atoms with Gasteiger partial charge in [0, 0.05) is 10.5 Å². The number of rotatable bonds is 4. The third-order valence-corrected chi connectivity index (χ3v) is 5.88. The monoisotopic (exact) mass is 388 g/mol. The van der Waals surface area contributed by atoms with Gasteiger partial charge in [0.1, 0.15) is 11.5 Å². The zero-order chi connectivity index (χ0) is 15.9. The standard InChI is InChI=1S/C14H17BrN2O4S/c1-8(9-2-3-9)17-22(19,20)12-7-10(15)6-11-13(12)21-5-4-16-14(11)18/h6-9,17H,2-5H2,1H3,(H,16,18)/t8-/m1/s1. The number of fused-ring (bicyclic) bond motifs is 1. The molecule has 1 aromatic carbocycles. The van der Waals surface area contributed by atoms with Crippen LogP contribution in [0.15, 0.2) is 21.5 Å². The quantitative estimate of drug-likeness (QED) is 0.820. The van der Waals surface area contributed by atoms with Gasteiger partial charge in [-0.3, -0.25) is 4.79 Å². The lowest BCUT2D eigenvalue weighted by Crippen LogP contribution is -2.34. The van der Waals surface area contributed by atoms with Crippen LogP contribution in [0.3, 0.4) is 0 Å². The molecule has 1 saturated carbocycles. The van der Waals surface area contributed by atoms with Crippen LogP contribution in [-0.4, -0.2) is 33.5 Å². The van der Waals surface area contributed by atoms with Gasteiger partial charge >= 0.3 is 0 Å². The van der Waals surface area contributed by atoms with Crippen molar-refractivity contribution in [2.24, 2.45) is 5.92 Å². The molecular formula is C14H17BrN2O4S. The molecule has 0 aromatic heterocycles. The summed E-state index contributed by atoms with van der Waals surface area (Å²) < 4.78 is 34.1. The van der Waals surface area contributed by atoms with Crippen LogP contribution in [0.2, 0.25) is 0 Å². The largest absolute Gasteiger partial charge is 0.489 e. The maximum absolute atomic E-state index is 12.7. The van der Waals surface area contributed by atoms with E-state index < -0.39 is 10.0 Å². The lowest BCUT2D eigenvalue weighted by atomic mass is 10.2. The number of halogens is 1. The summed E-state index contributed by atoms with van der Waals surface area (Å²) in [6, 6.07) is 2.91. The summed E-state index contributed by atoms with van der Waals surface area (Å²) in [5.41, 5.74) is 0.228. The SMILES string of the molecule is C[C@@H](NS(=O)(=O)c1cc(Br)cc2c1OCCNC2=O)C1CC1. The Morgan fingerprint density at radius 2 is 2.14 bits per heavy atom. The van der Waals surface area contributed by atoms with E-state index in [0.717, 1.165) is 12.8 Å². The number of benzene rings is 1. The molecule has 1 fully saturated rings.